The summed E-state index contributed by atoms with van der Waals surface area (Å²) in [7, 11) is -1.24. The second kappa shape index (κ2) is 12.9. The van der Waals surface area contributed by atoms with Gasteiger partial charge in [-0.1, -0.05) is 53.8 Å². The van der Waals surface area contributed by atoms with Crippen LogP contribution in [0.15, 0.2) is 14.4 Å². The van der Waals surface area contributed by atoms with Crippen LogP contribution in [0.3, 0.4) is 0 Å². The summed E-state index contributed by atoms with van der Waals surface area (Å²) in [5.74, 6) is -0.339. The lowest BCUT2D eigenvalue weighted by molar-refractivity contribution is 0.0747. The molecule has 3 rings (SSSR count). The van der Waals surface area contributed by atoms with Gasteiger partial charge in [-0.05, 0) is 43.6 Å². The van der Waals surface area contributed by atoms with Gasteiger partial charge in [-0.2, -0.15) is 9.78 Å². The Bertz CT molecular complexity index is 1400. The molecule has 1 aliphatic rings. The molecule has 12 nitrogen and oxygen atoms in total. The average molecular weight is 592 g/mol. The monoisotopic (exact) mass is 591 g/mol. The maximum absolute atomic E-state index is 13.4. The molecule has 0 spiro atoms. The first-order chi connectivity index (χ1) is 19.1. The zero-order chi connectivity index (χ0) is 30.7. The van der Waals surface area contributed by atoms with Gasteiger partial charge in [-0.3, -0.25) is 23.9 Å². The van der Waals surface area contributed by atoms with Crippen molar-refractivity contribution in [2.24, 2.45) is 11.1 Å². The van der Waals surface area contributed by atoms with E-state index in [-0.39, 0.29) is 35.9 Å². The lowest BCUT2D eigenvalue weighted by atomic mass is 9.73. The molecule has 0 amide bonds. The van der Waals surface area contributed by atoms with Crippen LogP contribution in [0.25, 0.3) is 0 Å². The topological polar surface area (TPSA) is 163 Å². The van der Waals surface area contributed by atoms with Crippen molar-refractivity contribution >= 4 is 13.9 Å². The molecule has 41 heavy (non-hydrogen) atoms. The molecule has 2 aromatic rings. The van der Waals surface area contributed by atoms with E-state index in [1.165, 1.54) is 9.25 Å². The second-order valence-corrected chi connectivity index (χ2v) is 19.0. The Morgan fingerprint density at radius 2 is 1.80 bits per heavy atom. The summed E-state index contributed by atoms with van der Waals surface area (Å²) in [5.41, 5.74) is 3.58. The molecule has 0 aliphatic heterocycles. The SMILES string of the molecule is CCCCn1c(O)c(C(=N)N)c(=O)n(C2CCC(C)(Cn3c(C(C)C)nn(COCC[Si](C)(C)C)c3=O)CC2)c1=O. The number of nitrogens with two attached hydrogens (primary N) is 1. The number of aromatic hydroxyl groups is 1. The smallest absolute Gasteiger partial charge is 0.348 e. The summed E-state index contributed by atoms with van der Waals surface area (Å²) < 4.78 is 11.3. The number of rotatable bonds is 13. The maximum Gasteiger partial charge on any atom is 0.348 e. The maximum atomic E-state index is 13.4. The van der Waals surface area contributed by atoms with Crippen molar-refractivity contribution in [1.82, 2.24) is 23.5 Å². The minimum absolute atomic E-state index is 0.0491. The van der Waals surface area contributed by atoms with E-state index in [0.29, 0.717) is 51.1 Å². The van der Waals surface area contributed by atoms with Gasteiger partial charge in [0, 0.05) is 39.7 Å². The molecule has 230 valence electrons. The number of hydrogen-bond acceptors (Lipinski definition) is 7. The summed E-state index contributed by atoms with van der Waals surface area (Å²) in [6, 6.07) is 0.624. The Morgan fingerprint density at radius 1 is 1.17 bits per heavy atom. The fourth-order valence-electron chi connectivity index (χ4n) is 5.48. The Morgan fingerprint density at radius 3 is 2.34 bits per heavy atom. The molecule has 4 N–H and O–H groups in total. The van der Waals surface area contributed by atoms with Gasteiger partial charge in [-0.25, -0.2) is 9.59 Å². The number of nitrogens with one attached hydrogen (secondary N) is 1. The third-order valence-corrected chi connectivity index (χ3v) is 9.80. The van der Waals surface area contributed by atoms with Gasteiger partial charge in [0.15, 0.2) is 0 Å². The van der Waals surface area contributed by atoms with Gasteiger partial charge in [-0.15, -0.1) is 0 Å². The molecular formula is C28H49N7O5Si. The Hall–Kier alpha value is -2.93. The van der Waals surface area contributed by atoms with Crippen LogP contribution in [-0.2, 0) is 24.6 Å². The molecule has 1 saturated carbocycles. The molecule has 2 heterocycles. The number of unbranched alkanes of at least 4 members (excludes halogenated alkanes) is 1. The normalized spacial score (nSPS) is 19.7. The number of amidine groups is 1. The molecule has 0 saturated heterocycles. The van der Waals surface area contributed by atoms with Crippen molar-refractivity contribution in [3.63, 3.8) is 0 Å². The average Bonchev–Trinajstić information content (AvgIpc) is 3.17. The van der Waals surface area contributed by atoms with Gasteiger partial charge in [0.1, 0.15) is 24.0 Å². The van der Waals surface area contributed by atoms with Crippen LogP contribution in [0.4, 0.5) is 0 Å². The summed E-state index contributed by atoms with van der Waals surface area (Å²) in [4.78, 5) is 40.0. The minimum atomic E-state index is -1.24. The predicted octanol–water partition coefficient (Wildman–Crippen LogP) is 3.42. The Labute approximate surface area is 242 Å². The van der Waals surface area contributed by atoms with Crippen LogP contribution in [0.2, 0.25) is 25.7 Å². The van der Waals surface area contributed by atoms with Gasteiger partial charge < -0.3 is 15.6 Å². The highest BCUT2D eigenvalue weighted by atomic mass is 28.3. The number of hydrogen-bond donors (Lipinski definition) is 3. The fraction of sp³-hybridized carbons (Fsp3) is 0.750. The third-order valence-electron chi connectivity index (χ3n) is 8.10. The highest BCUT2D eigenvalue weighted by Crippen LogP contribution is 2.41. The molecule has 0 unspecified atom stereocenters. The number of ether oxygens (including phenoxy) is 1. The number of nitrogen functional groups attached to an aromatic ring is 1. The molecule has 0 aromatic carbocycles. The van der Waals surface area contributed by atoms with E-state index in [4.69, 9.17) is 15.9 Å². The van der Waals surface area contributed by atoms with E-state index >= 15 is 0 Å². The van der Waals surface area contributed by atoms with Gasteiger partial charge in [0.2, 0.25) is 5.88 Å². The van der Waals surface area contributed by atoms with Crippen molar-refractivity contribution in [2.45, 2.75) is 124 Å². The van der Waals surface area contributed by atoms with Gasteiger partial charge >= 0.3 is 11.4 Å². The fourth-order valence-corrected chi connectivity index (χ4v) is 6.24. The summed E-state index contributed by atoms with van der Waals surface area (Å²) in [5, 5.41) is 23.1. The van der Waals surface area contributed by atoms with E-state index in [1.807, 2.05) is 20.8 Å². The van der Waals surface area contributed by atoms with E-state index < -0.39 is 37.1 Å². The van der Waals surface area contributed by atoms with E-state index in [1.54, 1.807) is 4.57 Å². The van der Waals surface area contributed by atoms with Crippen molar-refractivity contribution in [2.75, 3.05) is 6.61 Å². The van der Waals surface area contributed by atoms with Crippen LogP contribution >= 0.6 is 0 Å². The number of aromatic nitrogens is 5. The molecule has 0 atom stereocenters. The quantitative estimate of drug-likeness (QED) is 0.139. The highest BCUT2D eigenvalue weighted by molar-refractivity contribution is 6.76. The first-order valence-electron chi connectivity index (χ1n) is 14.8. The molecule has 1 aliphatic carbocycles. The van der Waals surface area contributed by atoms with Gasteiger partial charge in [0.05, 0.1) is 0 Å². The Kier molecular flexibility index (Phi) is 10.3. The molecule has 2 aromatic heterocycles. The zero-order valence-corrected chi connectivity index (χ0v) is 26.8. The van der Waals surface area contributed by atoms with Crippen molar-refractivity contribution < 1.29 is 9.84 Å². The standard InChI is InChI=1S/C28H49N7O5Si/c1-8-9-14-32-24(36)21(22(29)30)25(37)35(27(32)39)20-10-12-28(4,13-11-20)17-33-23(19(2)3)31-34(26(33)38)18-40-15-16-41(5,6)7/h19-20,36H,8-18H2,1-7H3,(H3,29,30). The number of nitrogens with zero attached hydrogens (tertiary/aromatic N) is 5. The van der Waals surface area contributed by atoms with Crippen molar-refractivity contribution in [3.8, 4) is 5.88 Å². The zero-order valence-electron chi connectivity index (χ0n) is 25.8. The van der Waals surface area contributed by atoms with E-state index in [9.17, 15) is 19.5 Å². The molecule has 0 bridgehead atoms. The molecule has 0 radical (unpaired) electrons. The second-order valence-electron chi connectivity index (χ2n) is 13.3. The molecule has 13 heteroatoms. The molecule has 1 fully saturated rings. The van der Waals surface area contributed by atoms with Crippen LogP contribution in [0.1, 0.15) is 89.6 Å². The van der Waals surface area contributed by atoms with Gasteiger partial charge in [0.25, 0.3) is 5.56 Å². The van der Waals surface area contributed by atoms with E-state index in [2.05, 4.69) is 31.7 Å². The van der Waals surface area contributed by atoms with Crippen LogP contribution < -0.4 is 22.7 Å². The lowest BCUT2D eigenvalue weighted by Crippen LogP contribution is -2.47. The third kappa shape index (κ3) is 7.48. The van der Waals surface area contributed by atoms with Crippen LogP contribution in [0.5, 0.6) is 5.88 Å². The first kappa shape index (κ1) is 32.6. The largest absolute Gasteiger partial charge is 0.494 e. The highest BCUT2D eigenvalue weighted by Gasteiger charge is 2.36. The predicted molar refractivity (Wildman–Crippen MR) is 163 cm³/mol. The van der Waals surface area contributed by atoms with Crippen molar-refractivity contribution in [3.05, 3.63) is 42.7 Å². The van der Waals surface area contributed by atoms with Crippen LogP contribution in [-0.4, -0.2) is 49.1 Å². The summed E-state index contributed by atoms with van der Waals surface area (Å²) in [6.45, 7) is 16.4. The first-order valence-corrected chi connectivity index (χ1v) is 18.5. The Balaban J connectivity index is 1.83. The van der Waals surface area contributed by atoms with E-state index in [0.717, 1.165) is 17.0 Å². The van der Waals surface area contributed by atoms with Crippen LogP contribution in [0, 0.1) is 10.8 Å². The van der Waals surface area contributed by atoms with Crippen molar-refractivity contribution in [1.29, 1.82) is 5.41 Å². The lowest BCUT2D eigenvalue weighted by Gasteiger charge is -2.38. The minimum Gasteiger partial charge on any atom is -0.494 e. The molecular weight excluding hydrogens is 542 g/mol. The summed E-state index contributed by atoms with van der Waals surface area (Å²) in [6.07, 6.45) is 3.87. The summed E-state index contributed by atoms with van der Waals surface area (Å²) >= 11 is 0.